The predicted molar refractivity (Wildman–Crippen MR) is 85.9 cm³/mol. The van der Waals surface area contributed by atoms with Gasteiger partial charge in [-0.05, 0) is 31.2 Å². The van der Waals surface area contributed by atoms with E-state index in [2.05, 4.69) is 15.3 Å². The lowest BCUT2D eigenvalue weighted by atomic mass is 10.1. The molecule has 1 aliphatic rings. The number of hydrogen-bond donors (Lipinski definition) is 2. The molecule has 120 valence electrons. The molecular formula is C15H15N3O4S. The van der Waals surface area contributed by atoms with E-state index < -0.39 is 9.84 Å². The lowest BCUT2D eigenvalue weighted by Crippen LogP contribution is -2.03. The number of nitrogens with one attached hydrogen (secondary N) is 2. The smallest absolute Gasteiger partial charge is 0.256 e. The summed E-state index contributed by atoms with van der Waals surface area (Å²) in [6, 6.07) is 5.25. The quantitative estimate of drug-likeness (QED) is 0.831. The maximum Gasteiger partial charge on any atom is 0.256 e. The minimum absolute atomic E-state index is 0.0198. The van der Waals surface area contributed by atoms with Gasteiger partial charge in [0.1, 0.15) is 11.6 Å². The molecule has 2 aromatic rings. The average Bonchev–Trinajstić information content (AvgIpc) is 2.99. The van der Waals surface area contributed by atoms with Crippen molar-refractivity contribution < 1.29 is 17.9 Å². The Kier molecular flexibility index (Phi) is 3.48. The third-order valence-corrected chi connectivity index (χ3v) is 4.60. The maximum atomic E-state index is 12.1. The van der Waals surface area contributed by atoms with Gasteiger partial charge in [-0.1, -0.05) is 0 Å². The molecule has 1 aromatic heterocycles. The van der Waals surface area contributed by atoms with Crippen molar-refractivity contribution in [3.05, 3.63) is 35.3 Å². The summed E-state index contributed by atoms with van der Waals surface area (Å²) in [5.74, 6) is 0.658. The number of fused-ring (bicyclic) bond motifs is 1. The number of carbonyl (C=O) groups excluding carboxylic acids is 1. The van der Waals surface area contributed by atoms with Crippen LogP contribution >= 0.6 is 0 Å². The Morgan fingerprint density at radius 2 is 2.04 bits per heavy atom. The Morgan fingerprint density at radius 1 is 1.30 bits per heavy atom. The first-order valence-electron chi connectivity index (χ1n) is 6.77. The van der Waals surface area contributed by atoms with Crippen LogP contribution in [0.25, 0.3) is 11.6 Å². The number of benzene rings is 1. The van der Waals surface area contributed by atoms with Crippen LogP contribution in [-0.4, -0.2) is 37.7 Å². The van der Waals surface area contributed by atoms with E-state index in [0.29, 0.717) is 34.1 Å². The van der Waals surface area contributed by atoms with E-state index in [9.17, 15) is 13.2 Å². The predicted octanol–water partition coefficient (Wildman–Crippen LogP) is 1.62. The van der Waals surface area contributed by atoms with Crippen molar-refractivity contribution in [2.75, 3.05) is 18.7 Å². The van der Waals surface area contributed by atoms with Gasteiger partial charge in [0.25, 0.3) is 5.91 Å². The number of amides is 1. The van der Waals surface area contributed by atoms with Gasteiger partial charge in [-0.25, -0.2) is 13.4 Å². The SMILES string of the molecule is COc1ccc2c(c1)/C(=C/c1nc(S(C)(=O)=O)c(C)[nH]1)C(=O)N2. The molecule has 23 heavy (non-hydrogen) atoms. The first-order chi connectivity index (χ1) is 10.8. The van der Waals surface area contributed by atoms with Crippen LogP contribution in [-0.2, 0) is 14.6 Å². The van der Waals surface area contributed by atoms with Gasteiger partial charge in [-0.15, -0.1) is 0 Å². The molecule has 0 unspecified atom stereocenters. The number of aryl methyl sites for hydroxylation is 1. The highest BCUT2D eigenvalue weighted by Gasteiger charge is 2.25. The minimum atomic E-state index is -3.42. The molecule has 0 atom stereocenters. The van der Waals surface area contributed by atoms with Crippen LogP contribution < -0.4 is 10.1 Å². The Hall–Kier alpha value is -2.61. The Bertz CT molecular complexity index is 942. The van der Waals surface area contributed by atoms with Crippen LogP contribution in [0.1, 0.15) is 17.1 Å². The van der Waals surface area contributed by atoms with Crippen molar-refractivity contribution in [1.29, 1.82) is 0 Å². The summed E-state index contributed by atoms with van der Waals surface area (Å²) in [5, 5.41) is 2.73. The second-order valence-corrected chi connectivity index (χ2v) is 7.18. The molecule has 0 saturated heterocycles. The number of carbonyl (C=O) groups is 1. The number of aromatic nitrogens is 2. The topological polar surface area (TPSA) is 101 Å². The van der Waals surface area contributed by atoms with Gasteiger partial charge in [0.2, 0.25) is 0 Å². The fraction of sp³-hybridized carbons (Fsp3) is 0.200. The standard InChI is InChI=1S/C15H15N3O4S/c1-8-15(23(3,20)21)18-13(16-8)7-11-10-6-9(22-2)4-5-12(10)17-14(11)19/h4-7H,1-3H3,(H,16,18)(H,17,19)/b11-7-. The third-order valence-electron chi connectivity index (χ3n) is 3.50. The second-order valence-electron chi connectivity index (χ2n) is 5.25. The van der Waals surface area contributed by atoms with E-state index in [0.717, 1.165) is 6.26 Å². The summed E-state index contributed by atoms with van der Waals surface area (Å²) >= 11 is 0. The lowest BCUT2D eigenvalue weighted by Gasteiger charge is -2.02. The molecule has 0 saturated carbocycles. The zero-order chi connectivity index (χ0) is 16.8. The van der Waals surface area contributed by atoms with Crippen molar-refractivity contribution in [1.82, 2.24) is 9.97 Å². The van der Waals surface area contributed by atoms with E-state index in [1.54, 1.807) is 32.2 Å². The number of sulfone groups is 1. The fourth-order valence-corrected chi connectivity index (χ4v) is 3.34. The van der Waals surface area contributed by atoms with E-state index >= 15 is 0 Å². The van der Waals surface area contributed by atoms with Crippen LogP contribution in [0.4, 0.5) is 5.69 Å². The minimum Gasteiger partial charge on any atom is -0.497 e. The number of hydrogen-bond acceptors (Lipinski definition) is 5. The Labute approximate surface area is 133 Å². The molecule has 0 fully saturated rings. The monoisotopic (exact) mass is 333 g/mol. The number of H-pyrrole nitrogens is 1. The van der Waals surface area contributed by atoms with Gasteiger partial charge >= 0.3 is 0 Å². The van der Waals surface area contributed by atoms with E-state index in [1.807, 2.05) is 0 Å². The van der Waals surface area contributed by atoms with Gasteiger partial charge < -0.3 is 15.0 Å². The van der Waals surface area contributed by atoms with Gasteiger partial charge in [0, 0.05) is 17.5 Å². The first kappa shape index (κ1) is 15.3. The average molecular weight is 333 g/mol. The summed E-state index contributed by atoms with van der Waals surface area (Å²) in [4.78, 5) is 19.1. The van der Waals surface area contributed by atoms with Crippen LogP contribution in [0.15, 0.2) is 23.2 Å². The van der Waals surface area contributed by atoms with Crippen molar-refractivity contribution >= 4 is 33.1 Å². The van der Waals surface area contributed by atoms with Crippen LogP contribution in [0.3, 0.4) is 0 Å². The van der Waals surface area contributed by atoms with Crippen LogP contribution in [0.5, 0.6) is 5.75 Å². The fourth-order valence-electron chi connectivity index (χ4n) is 2.47. The van der Waals surface area contributed by atoms with Gasteiger partial charge in [-0.3, -0.25) is 4.79 Å². The summed E-state index contributed by atoms with van der Waals surface area (Å²) in [6.07, 6.45) is 2.62. The number of imidazole rings is 1. The van der Waals surface area contributed by atoms with Crippen molar-refractivity contribution in [2.24, 2.45) is 0 Å². The zero-order valence-electron chi connectivity index (χ0n) is 12.8. The lowest BCUT2D eigenvalue weighted by molar-refractivity contribution is -0.110. The molecule has 0 bridgehead atoms. The molecule has 1 aromatic carbocycles. The van der Waals surface area contributed by atoms with Crippen molar-refractivity contribution in [3.63, 3.8) is 0 Å². The number of rotatable bonds is 3. The van der Waals surface area contributed by atoms with E-state index in [1.165, 1.54) is 6.08 Å². The third kappa shape index (κ3) is 2.72. The highest BCUT2D eigenvalue weighted by atomic mass is 32.2. The van der Waals surface area contributed by atoms with Crippen LogP contribution in [0, 0.1) is 6.92 Å². The normalized spacial score (nSPS) is 15.6. The summed E-state index contributed by atoms with van der Waals surface area (Å²) in [7, 11) is -1.88. The van der Waals surface area contributed by atoms with E-state index in [4.69, 9.17) is 4.74 Å². The summed E-state index contributed by atoms with van der Waals surface area (Å²) in [6.45, 7) is 1.62. The molecule has 2 heterocycles. The summed E-state index contributed by atoms with van der Waals surface area (Å²) < 4.78 is 28.5. The van der Waals surface area contributed by atoms with Crippen LogP contribution in [0.2, 0.25) is 0 Å². The number of nitrogens with zero attached hydrogens (tertiary/aromatic N) is 1. The van der Waals surface area contributed by atoms with E-state index in [-0.39, 0.29) is 10.9 Å². The van der Waals surface area contributed by atoms with Crippen molar-refractivity contribution in [3.8, 4) is 5.75 Å². The highest BCUT2D eigenvalue weighted by molar-refractivity contribution is 7.90. The zero-order valence-corrected chi connectivity index (χ0v) is 13.6. The summed E-state index contributed by atoms with van der Waals surface area (Å²) in [5.41, 5.74) is 2.19. The molecule has 1 aliphatic heterocycles. The number of ether oxygens (including phenoxy) is 1. The number of anilines is 1. The van der Waals surface area contributed by atoms with Gasteiger partial charge in [0.15, 0.2) is 14.9 Å². The van der Waals surface area contributed by atoms with Gasteiger partial charge in [0.05, 0.1) is 18.4 Å². The van der Waals surface area contributed by atoms with Crippen molar-refractivity contribution in [2.45, 2.75) is 11.9 Å². The second kappa shape index (κ2) is 5.24. The molecule has 7 nitrogen and oxygen atoms in total. The molecule has 0 aliphatic carbocycles. The molecule has 8 heteroatoms. The molecular weight excluding hydrogens is 318 g/mol. The molecule has 1 amide bonds. The largest absolute Gasteiger partial charge is 0.497 e. The highest BCUT2D eigenvalue weighted by Crippen LogP contribution is 2.35. The molecule has 3 rings (SSSR count). The maximum absolute atomic E-state index is 12.1. The first-order valence-corrected chi connectivity index (χ1v) is 8.67. The molecule has 0 radical (unpaired) electrons. The molecule has 2 N–H and O–H groups in total. The number of aromatic amines is 1. The molecule has 0 spiro atoms. The Balaban J connectivity index is 2.10. The Morgan fingerprint density at radius 3 is 2.65 bits per heavy atom. The number of methoxy groups -OCH3 is 1. The van der Waals surface area contributed by atoms with Gasteiger partial charge in [-0.2, -0.15) is 0 Å².